The number of carbonyl (C=O) groups excluding carboxylic acids is 2. The van der Waals surface area contributed by atoms with Crippen LogP contribution < -0.4 is 14.8 Å². The molecule has 1 heterocycles. The highest BCUT2D eigenvalue weighted by molar-refractivity contribution is 6.09. The van der Waals surface area contributed by atoms with Crippen molar-refractivity contribution in [2.24, 2.45) is 0 Å². The first kappa shape index (κ1) is 16.6. The highest BCUT2D eigenvalue weighted by Crippen LogP contribution is 2.37. The van der Waals surface area contributed by atoms with Gasteiger partial charge in [0.15, 0.2) is 11.5 Å². The Morgan fingerprint density at radius 2 is 1.91 bits per heavy atom. The molecule has 1 fully saturated rings. The maximum absolute atomic E-state index is 12.7. The molecule has 8 heteroatoms. The van der Waals surface area contributed by atoms with Gasteiger partial charge in [-0.05, 0) is 24.1 Å². The third kappa shape index (κ3) is 2.67. The van der Waals surface area contributed by atoms with E-state index >= 15 is 0 Å². The van der Waals surface area contributed by atoms with Crippen LogP contribution in [0, 0.1) is 0 Å². The largest absolute Gasteiger partial charge is 0.493 e. The Kier molecular flexibility index (Phi) is 4.44. The number of hydrogen-bond donors (Lipinski definition) is 2. The Labute approximate surface area is 133 Å². The molecule has 0 saturated carbocycles. The number of methoxy groups -OCH3 is 2. The fraction of sp³-hybridized carbons (Fsp3) is 0.400. The Morgan fingerprint density at radius 1 is 1.26 bits per heavy atom. The Morgan fingerprint density at radius 3 is 2.43 bits per heavy atom. The lowest BCUT2D eigenvalue weighted by molar-refractivity contribution is -0.143. The number of nitrogens with zero attached hydrogens (tertiary/aromatic N) is 1. The topological polar surface area (TPSA) is 105 Å². The molecule has 1 atom stereocenters. The Balaban J connectivity index is 2.48. The molecule has 1 aromatic rings. The van der Waals surface area contributed by atoms with Gasteiger partial charge in [-0.25, -0.2) is 4.79 Å². The molecule has 8 nitrogen and oxygen atoms in total. The molecular weight excluding hydrogens is 304 g/mol. The fourth-order valence-electron chi connectivity index (χ4n) is 2.65. The van der Waals surface area contributed by atoms with Crippen LogP contribution in [0.2, 0.25) is 0 Å². The smallest absolute Gasteiger partial charge is 0.325 e. The molecule has 1 aliphatic rings. The highest BCUT2D eigenvalue weighted by atomic mass is 16.5. The number of hydrogen-bond acceptors (Lipinski definition) is 5. The second-order valence-electron chi connectivity index (χ2n) is 5.04. The summed E-state index contributed by atoms with van der Waals surface area (Å²) in [7, 11) is 2.95. The van der Waals surface area contributed by atoms with Crippen molar-refractivity contribution in [2.75, 3.05) is 20.8 Å². The van der Waals surface area contributed by atoms with Crippen LogP contribution in [-0.2, 0) is 15.1 Å². The summed E-state index contributed by atoms with van der Waals surface area (Å²) in [4.78, 5) is 36.2. The zero-order valence-corrected chi connectivity index (χ0v) is 13.1. The molecule has 3 amide bonds. The minimum Gasteiger partial charge on any atom is -0.493 e. The lowest BCUT2D eigenvalue weighted by Gasteiger charge is -2.26. The summed E-state index contributed by atoms with van der Waals surface area (Å²) < 4.78 is 10.4. The van der Waals surface area contributed by atoms with E-state index in [1.807, 2.05) is 0 Å². The Hall–Kier alpha value is -2.77. The van der Waals surface area contributed by atoms with Gasteiger partial charge >= 0.3 is 12.0 Å². The molecular formula is C15H18N2O6. The van der Waals surface area contributed by atoms with Gasteiger partial charge in [0, 0.05) is 0 Å². The lowest BCUT2D eigenvalue weighted by Crippen LogP contribution is -2.43. The van der Waals surface area contributed by atoms with Crippen LogP contribution in [0.3, 0.4) is 0 Å². The van der Waals surface area contributed by atoms with Crippen molar-refractivity contribution >= 4 is 17.9 Å². The summed E-state index contributed by atoms with van der Waals surface area (Å²) in [5, 5.41) is 11.5. The lowest BCUT2D eigenvalue weighted by atomic mass is 9.87. The van der Waals surface area contributed by atoms with Crippen LogP contribution in [0.4, 0.5) is 4.79 Å². The van der Waals surface area contributed by atoms with Crippen molar-refractivity contribution in [1.29, 1.82) is 0 Å². The number of amides is 3. The molecule has 0 aliphatic carbocycles. The molecule has 1 aromatic carbocycles. The zero-order chi connectivity index (χ0) is 17.2. The second-order valence-corrected chi connectivity index (χ2v) is 5.04. The molecule has 1 aliphatic heterocycles. The van der Waals surface area contributed by atoms with E-state index in [1.54, 1.807) is 25.1 Å². The summed E-state index contributed by atoms with van der Waals surface area (Å²) in [6.07, 6.45) is 0.267. The summed E-state index contributed by atoms with van der Waals surface area (Å²) in [6, 6.07) is 4.15. The van der Waals surface area contributed by atoms with Gasteiger partial charge in [-0.2, -0.15) is 0 Å². The van der Waals surface area contributed by atoms with E-state index in [0.29, 0.717) is 22.0 Å². The van der Waals surface area contributed by atoms with E-state index in [1.165, 1.54) is 14.2 Å². The first-order valence-electron chi connectivity index (χ1n) is 6.98. The van der Waals surface area contributed by atoms with E-state index in [9.17, 15) is 14.4 Å². The molecule has 0 aromatic heterocycles. The van der Waals surface area contributed by atoms with Crippen molar-refractivity contribution in [3.63, 3.8) is 0 Å². The van der Waals surface area contributed by atoms with E-state index in [0.717, 1.165) is 0 Å². The van der Waals surface area contributed by atoms with E-state index in [4.69, 9.17) is 14.6 Å². The monoisotopic (exact) mass is 322 g/mol. The predicted molar refractivity (Wildman–Crippen MR) is 79.4 cm³/mol. The van der Waals surface area contributed by atoms with Crippen LogP contribution >= 0.6 is 0 Å². The number of ether oxygens (including phenoxy) is 2. The number of benzene rings is 1. The molecule has 2 rings (SSSR count). The van der Waals surface area contributed by atoms with Gasteiger partial charge in [0.2, 0.25) is 0 Å². The van der Waals surface area contributed by atoms with E-state index in [-0.39, 0.29) is 6.42 Å². The number of aliphatic carboxylic acids is 1. The summed E-state index contributed by atoms with van der Waals surface area (Å²) in [6.45, 7) is 1.05. The van der Waals surface area contributed by atoms with Crippen molar-refractivity contribution < 1.29 is 29.0 Å². The van der Waals surface area contributed by atoms with E-state index in [2.05, 4.69) is 5.32 Å². The summed E-state index contributed by atoms with van der Waals surface area (Å²) in [5.41, 5.74) is -0.810. The van der Waals surface area contributed by atoms with Gasteiger partial charge in [-0.1, -0.05) is 13.0 Å². The standard InChI is InChI=1S/C15H18N2O6/c1-4-15(9-5-6-10(22-2)11(7-9)23-3)13(20)17(8-12(18)19)14(21)16-15/h5-7H,4,8H2,1-3H3,(H,16,21)(H,18,19)/t15-/m0/s1. The van der Waals surface area contributed by atoms with Crippen LogP contribution in [-0.4, -0.2) is 48.7 Å². The maximum atomic E-state index is 12.7. The van der Waals surface area contributed by atoms with Gasteiger partial charge in [0.25, 0.3) is 5.91 Å². The number of nitrogens with one attached hydrogen (secondary N) is 1. The quantitative estimate of drug-likeness (QED) is 0.755. The van der Waals surface area contributed by atoms with E-state index < -0.39 is 30.0 Å². The Bertz CT molecular complexity index is 659. The number of imide groups is 1. The first-order valence-corrected chi connectivity index (χ1v) is 6.98. The van der Waals surface area contributed by atoms with Crippen molar-refractivity contribution in [3.05, 3.63) is 23.8 Å². The van der Waals surface area contributed by atoms with Crippen LogP contribution in [0.25, 0.3) is 0 Å². The molecule has 0 spiro atoms. The maximum Gasteiger partial charge on any atom is 0.325 e. The zero-order valence-electron chi connectivity index (χ0n) is 13.1. The number of carboxylic acid groups (broad SMARTS) is 1. The molecule has 0 radical (unpaired) electrons. The number of urea groups is 1. The van der Waals surface area contributed by atoms with Crippen molar-refractivity contribution in [1.82, 2.24) is 10.2 Å². The second kappa shape index (κ2) is 6.15. The third-order valence-corrected chi connectivity index (χ3v) is 3.88. The molecule has 2 N–H and O–H groups in total. The average Bonchev–Trinajstić information content (AvgIpc) is 2.78. The van der Waals surface area contributed by atoms with Gasteiger partial charge < -0.3 is 19.9 Å². The van der Waals surface area contributed by atoms with Gasteiger partial charge in [-0.3, -0.25) is 14.5 Å². The number of rotatable bonds is 6. The first-order chi connectivity index (χ1) is 10.9. The van der Waals surface area contributed by atoms with Gasteiger partial charge in [0.1, 0.15) is 12.1 Å². The van der Waals surface area contributed by atoms with Gasteiger partial charge in [0.05, 0.1) is 14.2 Å². The SMILES string of the molecule is CC[C@@]1(c2ccc(OC)c(OC)c2)NC(=O)N(CC(=O)O)C1=O. The number of carbonyl (C=O) groups is 3. The van der Waals surface area contributed by atoms with Crippen LogP contribution in [0.15, 0.2) is 18.2 Å². The van der Waals surface area contributed by atoms with Crippen molar-refractivity contribution in [3.8, 4) is 11.5 Å². The molecule has 1 saturated heterocycles. The molecule has 0 unspecified atom stereocenters. The number of carboxylic acids is 1. The third-order valence-electron chi connectivity index (χ3n) is 3.88. The molecule has 124 valence electrons. The highest BCUT2D eigenvalue weighted by Gasteiger charge is 2.51. The van der Waals surface area contributed by atoms with Gasteiger partial charge in [-0.15, -0.1) is 0 Å². The average molecular weight is 322 g/mol. The molecule has 0 bridgehead atoms. The minimum atomic E-state index is -1.31. The summed E-state index contributed by atoms with van der Waals surface area (Å²) >= 11 is 0. The fourth-order valence-corrected chi connectivity index (χ4v) is 2.65. The normalized spacial score (nSPS) is 20.4. The van der Waals surface area contributed by atoms with Crippen LogP contribution in [0.1, 0.15) is 18.9 Å². The predicted octanol–water partition coefficient (Wildman–Crippen LogP) is 0.945. The molecule has 23 heavy (non-hydrogen) atoms. The van der Waals surface area contributed by atoms with Crippen molar-refractivity contribution in [2.45, 2.75) is 18.9 Å². The minimum absolute atomic E-state index is 0.267. The van der Waals surface area contributed by atoms with Crippen LogP contribution in [0.5, 0.6) is 11.5 Å². The summed E-state index contributed by atoms with van der Waals surface area (Å²) in [5.74, 6) is -0.953.